The van der Waals surface area contributed by atoms with Crippen LogP contribution in [0.15, 0.2) is 18.5 Å². The van der Waals surface area contributed by atoms with Crippen molar-refractivity contribution in [3.8, 4) is 5.75 Å². The van der Waals surface area contributed by atoms with Crippen LogP contribution in [0.5, 0.6) is 5.75 Å². The van der Waals surface area contributed by atoms with Gasteiger partial charge in [-0.1, -0.05) is 0 Å². The molecule has 3 N–H and O–H groups in total. The molecule has 6 heteroatoms. The summed E-state index contributed by atoms with van der Waals surface area (Å²) in [5.74, 6) is 0.157. The van der Waals surface area contributed by atoms with Gasteiger partial charge in [-0.3, -0.25) is 9.67 Å². The van der Waals surface area contributed by atoms with E-state index in [4.69, 9.17) is 0 Å². The lowest BCUT2D eigenvalue weighted by Gasteiger charge is -2.12. The Labute approximate surface area is 118 Å². The van der Waals surface area contributed by atoms with E-state index in [1.807, 2.05) is 17.8 Å². The number of rotatable bonds is 6. The summed E-state index contributed by atoms with van der Waals surface area (Å²) in [6.07, 6.45) is 4.24. The molecule has 0 aliphatic carbocycles. The fourth-order valence-electron chi connectivity index (χ4n) is 2.09. The quantitative estimate of drug-likeness (QED) is 0.675. The second-order valence-electron chi connectivity index (χ2n) is 4.73. The molecule has 2 rings (SSSR count). The van der Waals surface area contributed by atoms with Gasteiger partial charge >= 0.3 is 0 Å². The van der Waals surface area contributed by atoms with Crippen molar-refractivity contribution in [2.75, 3.05) is 6.54 Å². The van der Waals surface area contributed by atoms with Gasteiger partial charge < -0.3 is 15.5 Å². The van der Waals surface area contributed by atoms with E-state index in [1.165, 1.54) is 0 Å². The SMILES string of the molecule is Cc1ncc(CO)c(CNCCc2ccnn2C)c1O. The average Bonchev–Trinajstić information content (AvgIpc) is 2.85. The number of aliphatic hydroxyl groups is 1. The van der Waals surface area contributed by atoms with Gasteiger partial charge in [0.25, 0.3) is 0 Å². The smallest absolute Gasteiger partial charge is 0.141 e. The van der Waals surface area contributed by atoms with Gasteiger partial charge in [-0.05, 0) is 13.0 Å². The van der Waals surface area contributed by atoms with Crippen molar-refractivity contribution in [3.05, 3.63) is 41.0 Å². The van der Waals surface area contributed by atoms with Gasteiger partial charge in [-0.25, -0.2) is 0 Å². The van der Waals surface area contributed by atoms with E-state index < -0.39 is 0 Å². The Morgan fingerprint density at radius 3 is 2.85 bits per heavy atom. The van der Waals surface area contributed by atoms with Crippen molar-refractivity contribution in [1.82, 2.24) is 20.1 Å². The topological polar surface area (TPSA) is 83.2 Å². The Kier molecular flexibility index (Phi) is 4.70. The van der Waals surface area contributed by atoms with Gasteiger partial charge in [0, 0.05) is 55.8 Å². The first-order chi connectivity index (χ1) is 9.63. The molecule has 0 radical (unpaired) electrons. The van der Waals surface area contributed by atoms with E-state index in [0.29, 0.717) is 23.4 Å². The van der Waals surface area contributed by atoms with Crippen molar-refractivity contribution < 1.29 is 10.2 Å². The highest BCUT2D eigenvalue weighted by molar-refractivity contribution is 5.40. The summed E-state index contributed by atoms with van der Waals surface area (Å²) < 4.78 is 1.84. The van der Waals surface area contributed by atoms with Crippen LogP contribution in [0.3, 0.4) is 0 Å². The summed E-state index contributed by atoms with van der Waals surface area (Å²) in [6.45, 7) is 2.89. The molecular formula is C14H20N4O2. The largest absolute Gasteiger partial charge is 0.506 e. The first kappa shape index (κ1) is 14.5. The zero-order valence-electron chi connectivity index (χ0n) is 11.8. The lowest BCUT2D eigenvalue weighted by Crippen LogP contribution is -2.19. The number of hydrogen-bond acceptors (Lipinski definition) is 5. The molecule has 0 aromatic carbocycles. The van der Waals surface area contributed by atoms with Gasteiger partial charge in [-0.2, -0.15) is 5.10 Å². The van der Waals surface area contributed by atoms with Crippen molar-refractivity contribution >= 4 is 0 Å². The van der Waals surface area contributed by atoms with Crippen LogP contribution >= 0.6 is 0 Å². The highest BCUT2D eigenvalue weighted by atomic mass is 16.3. The molecule has 0 fully saturated rings. The van der Waals surface area contributed by atoms with Gasteiger partial charge in [0.2, 0.25) is 0 Å². The molecule has 0 aliphatic heterocycles. The summed E-state index contributed by atoms with van der Waals surface area (Å²) in [7, 11) is 1.91. The Hall–Kier alpha value is -1.92. The van der Waals surface area contributed by atoms with E-state index in [0.717, 1.165) is 18.7 Å². The van der Waals surface area contributed by atoms with Crippen LogP contribution in [0.1, 0.15) is 22.5 Å². The predicted octanol–water partition coefficient (Wildman–Crippen LogP) is 0.654. The van der Waals surface area contributed by atoms with Crippen LogP contribution in [0, 0.1) is 6.92 Å². The third-order valence-electron chi connectivity index (χ3n) is 3.38. The highest BCUT2D eigenvalue weighted by Crippen LogP contribution is 2.23. The van der Waals surface area contributed by atoms with E-state index in [2.05, 4.69) is 15.4 Å². The summed E-state index contributed by atoms with van der Waals surface area (Å²) in [6, 6.07) is 1.98. The molecule has 0 bridgehead atoms. The maximum Gasteiger partial charge on any atom is 0.141 e. The molecular weight excluding hydrogens is 256 g/mol. The third-order valence-corrected chi connectivity index (χ3v) is 3.38. The minimum atomic E-state index is -0.125. The van der Waals surface area contributed by atoms with Crippen LogP contribution in [0.2, 0.25) is 0 Å². The van der Waals surface area contributed by atoms with Gasteiger partial charge in [0.15, 0.2) is 0 Å². The van der Waals surface area contributed by atoms with Crippen LogP contribution in [-0.4, -0.2) is 31.5 Å². The Balaban J connectivity index is 1.94. The lowest BCUT2D eigenvalue weighted by molar-refractivity contribution is 0.278. The standard InChI is InChI=1S/C14H20N4O2/c1-10-14(20)13(11(9-19)7-16-10)8-15-5-3-12-4-6-17-18(12)2/h4,6-7,15,19-20H,3,5,8-9H2,1-2H3. The molecule has 20 heavy (non-hydrogen) atoms. The number of aromatic hydroxyl groups is 1. The van der Waals surface area contributed by atoms with E-state index >= 15 is 0 Å². The van der Waals surface area contributed by atoms with Gasteiger partial charge in [-0.15, -0.1) is 0 Å². The summed E-state index contributed by atoms with van der Waals surface area (Å²) in [5, 5.41) is 26.7. The minimum absolute atomic E-state index is 0.125. The van der Waals surface area contributed by atoms with Gasteiger partial charge in [0.1, 0.15) is 5.75 Å². The Morgan fingerprint density at radius 1 is 1.40 bits per heavy atom. The van der Waals surface area contributed by atoms with Gasteiger partial charge in [0.05, 0.1) is 12.3 Å². The Bertz CT molecular complexity index is 581. The molecule has 2 heterocycles. The number of nitrogens with one attached hydrogen (secondary N) is 1. The molecule has 0 aliphatic rings. The van der Waals surface area contributed by atoms with Crippen molar-refractivity contribution in [2.45, 2.75) is 26.5 Å². The van der Waals surface area contributed by atoms with Crippen molar-refractivity contribution in [2.24, 2.45) is 7.05 Å². The summed E-state index contributed by atoms with van der Waals surface area (Å²) >= 11 is 0. The first-order valence-electron chi connectivity index (χ1n) is 6.58. The van der Waals surface area contributed by atoms with Crippen molar-refractivity contribution in [1.29, 1.82) is 0 Å². The zero-order valence-corrected chi connectivity index (χ0v) is 11.8. The van der Waals surface area contributed by atoms with Crippen molar-refractivity contribution in [3.63, 3.8) is 0 Å². The molecule has 0 amide bonds. The van der Waals surface area contributed by atoms with Crippen LogP contribution in [-0.2, 0) is 26.6 Å². The second-order valence-corrected chi connectivity index (χ2v) is 4.73. The predicted molar refractivity (Wildman–Crippen MR) is 75.2 cm³/mol. The number of nitrogens with zero attached hydrogens (tertiary/aromatic N) is 3. The molecule has 2 aromatic heterocycles. The number of pyridine rings is 1. The number of aromatic nitrogens is 3. The fourth-order valence-corrected chi connectivity index (χ4v) is 2.09. The molecule has 0 unspecified atom stereocenters. The molecule has 2 aromatic rings. The van der Waals surface area contributed by atoms with Crippen LogP contribution in [0.25, 0.3) is 0 Å². The lowest BCUT2D eigenvalue weighted by atomic mass is 10.1. The highest BCUT2D eigenvalue weighted by Gasteiger charge is 2.10. The third kappa shape index (κ3) is 3.15. The molecule has 0 spiro atoms. The zero-order chi connectivity index (χ0) is 14.5. The molecule has 0 saturated heterocycles. The first-order valence-corrected chi connectivity index (χ1v) is 6.58. The van der Waals surface area contributed by atoms with Crippen LogP contribution < -0.4 is 5.32 Å². The summed E-state index contributed by atoms with van der Waals surface area (Å²) in [5.41, 5.74) is 3.09. The van der Waals surface area contributed by atoms with Crippen LogP contribution in [0.4, 0.5) is 0 Å². The maximum atomic E-state index is 10.0. The van der Waals surface area contributed by atoms with E-state index in [1.54, 1.807) is 19.3 Å². The minimum Gasteiger partial charge on any atom is -0.506 e. The molecule has 0 saturated carbocycles. The summed E-state index contributed by atoms with van der Waals surface area (Å²) in [4.78, 5) is 4.04. The number of hydrogen-bond donors (Lipinski definition) is 3. The fraction of sp³-hybridized carbons (Fsp3) is 0.429. The Morgan fingerprint density at radius 2 is 2.20 bits per heavy atom. The molecule has 6 nitrogen and oxygen atoms in total. The maximum absolute atomic E-state index is 10.0. The number of aliphatic hydroxyl groups excluding tert-OH is 1. The van der Waals surface area contributed by atoms with E-state index in [-0.39, 0.29) is 12.4 Å². The normalized spacial score (nSPS) is 10.9. The monoisotopic (exact) mass is 276 g/mol. The average molecular weight is 276 g/mol. The number of aryl methyl sites for hydroxylation is 2. The second kappa shape index (κ2) is 6.49. The van der Waals surface area contributed by atoms with E-state index in [9.17, 15) is 10.2 Å². The molecule has 0 atom stereocenters. The molecule has 108 valence electrons.